The first-order valence-electron chi connectivity index (χ1n) is 13.1. The van der Waals surface area contributed by atoms with Crippen molar-refractivity contribution in [2.24, 2.45) is 0 Å². The number of hydrogen-bond donors (Lipinski definition) is 3. The van der Waals surface area contributed by atoms with E-state index in [1.54, 1.807) is 43.3 Å². The smallest absolute Gasteiger partial charge is 0.413 e. The number of phenolic OH excluding ortho intramolecular Hbond substituents is 1. The molecule has 4 rings (SSSR count). The zero-order valence-electron chi connectivity index (χ0n) is 23.3. The molecule has 0 atom stereocenters. The quantitative estimate of drug-likeness (QED) is 0.133. The number of amidine groups is 1. The number of phenols is 1. The van der Waals surface area contributed by atoms with Crippen molar-refractivity contribution in [1.82, 2.24) is 4.90 Å². The lowest BCUT2D eigenvalue weighted by molar-refractivity contribution is 0.170. The van der Waals surface area contributed by atoms with E-state index in [0.29, 0.717) is 24.5 Å². The van der Waals surface area contributed by atoms with Crippen molar-refractivity contribution in [2.45, 2.75) is 39.4 Å². The highest BCUT2D eigenvalue weighted by Gasteiger charge is 2.23. The molecule has 8 heteroatoms. The minimum absolute atomic E-state index is 0. The van der Waals surface area contributed by atoms with Crippen LogP contribution in [0.15, 0.2) is 97.1 Å². The predicted octanol–water partition coefficient (Wildman–Crippen LogP) is 7.62. The molecule has 0 radical (unpaired) electrons. The van der Waals surface area contributed by atoms with Gasteiger partial charge in [0.15, 0.2) is 0 Å². The third kappa shape index (κ3) is 7.80. The number of carbonyl (C=O) groups is 1. The average molecular weight is 575 g/mol. The normalized spacial score (nSPS) is 10.8. The SMILES string of the molecule is CCN(C(=N)c1ccc(OCc2cccc(COc3ccc(C(C)(C)c4ccc(O)cc4)cc3)c2)cc1)C(=O)O.Cl. The lowest BCUT2D eigenvalue weighted by Gasteiger charge is -2.26. The van der Waals surface area contributed by atoms with Crippen molar-refractivity contribution in [3.63, 3.8) is 0 Å². The number of nitrogens with zero attached hydrogens (tertiary/aromatic N) is 1. The van der Waals surface area contributed by atoms with Gasteiger partial charge in [-0.05, 0) is 83.8 Å². The van der Waals surface area contributed by atoms with E-state index < -0.39 is 6.09 Å². The molecule has 214 valence electrons. The summed E-state index contributed by atoms with van der Waals surface area (Å²) in [6, 6.07) is 30.2. The fourth-order valence-electron chi connectivity index (χ4n) is 4.41. The van der Waals surface area contributed by atoms with Crippen LogP contribution in [0.2, 0.25) is 0 Å². The zero-order valence-corrected chi connectivity index (χ0v) is 24.2. The van der Waals surface area contributed by atoms with Gasteiger partial charge in [0.2, 0.25) is 0 Å². The third-order valence-corrected chi connectivity index (χ3v) is 6.91. The molecule has 3 N–H and O–H groups in total. The van der Waals surface area contributed by atoms with Crippen LogP contribution in [0.25, 0.3) is 0 Å². The molecule has 7 nitrogen and oxygen atoms in total. The highest BCUT2D eigenvalue weighted by Crippen LogP contribution is 2.33. The maximum atomic E-state index is 11.3. The van der Waals surface area contributed by atoms with Crippen molar-refractivity contribution in [3.8, 4) is 17.2 Å². The maximum absolute atomic E-state index is 11.3. The number of nitrogens with one attached hydrogen (secondary N) is 1. The Labute approximate surface area is 246 Å². The molecule has 0 fully saturated rings. The molecule has 4 aromatic rings. The molecule has 0 saturated heterocycles. The van der Waals surface area contributed by atoms with Crippen LogP contribution in [-0.4, -0.2) is 33.6 Å². The topological polar surface area (TPSA) is 103 Å². The van der Waals surface area contributed by atoms with Gasteiger partial charge in [0.1, 0.15) is 36.3 Å². The Morgan fingerprint density at radius 2 is 1.27 bits per heavy atom. The summed E-state index contributed by atoms with van der Waals surface area (Å²) >= 11 is 0. The highest BCUT2D eigenvalue weighted by molar-refractivity contribution is 6.04. The number of carboxylic acid groups (broad SMARTS) is 1. The van der Waals surface area contributed by atoms with Crippen LogP contribution >= 0.6 is 12.4 Å². The molecule has 1 amide bonds. The standard InChI is InChI=1S/C33H34N2O5.ClH/c1-4-35(32(37)38)31(34)25-8-16-29(17-9-25)39-21-23-6-5-7-24(20-23)22-40-30-18-12-27(13-19-30)33(2,3)26-10-14-28(36)15-11-26;/h5-20,34,36H,4,21-22H2,1-3H3,(H,37,38);1H. The van der Waals surface area contributed by atoms with Gasteiger partial charge in [-0.2, -0.15) is 0 Å². The number of aromatic hydroxyl groups is 1. The first-order chi connectivity index (χ1) is 19.2. The lowest BCUT2D eigenvalue weighted by atomic mass is 9.78. The molecule has 41 heavy (non-hydrogen) atoms. The molecular weight excluding hydrogens is 540 g/mol. The van der Waals surface area contributed by atoms with Gasteiger partial charge in [0, 0.05) is 17.5 Å². The van der Waals surface area contributed by atoms with Gasteiger partial charge in [0.25, 0.3) is 0 Å². The van der Waals surface area contributed by atoms with E-state index in [9.17, 15) is 15.0 Å². The van der Waals surface area contributed by atoms with Gasteiger partial charge in [-0.1, -0.05) is 56.3 Å². The Morgan fingerprint density at radius 1 is 0.805 bits per heavy atom. The zero-order chi connectivity index (χ0) is 28.7. The summed E-state index contributed by atoms with van der Waals surface area (Å²) < 4.78 is 12.0. The van der Waals surface area contributed by atoms with E-state index in [-0.39, 0.29) is 36.0 Å². The molecule has 0 spiro atoms. The molecule has 0 heterocycles. The average Bonchev–Trinajstić information content (AvgIpc) is 2.96. The second-order valence-corrected chi connectivity index (χ2v) is 9.99. The fourth-order valence-corrected chi connectivity index (χ4v) is 4.41. The van der Waals surface area contributed by atoms with Gasteiger partial charge < -0.3 is 19.7 Å². The number of hydrogen-bond acceptors (Lipinski definition) is 5. The van der Waals surface area contributed by atoms with Gasteiger partial charge in [-0.15, -0.1) is 12.4 Å². The molecule has 0 aliphatic rings. The van der Waals surface area contributed by atoms with Crippen LogP contribution in [0.1, 0.15) is 48.6 Å². The molecule has 0 unspecified atom stereocenters. The van der Waals surface area contributed by atoms with Crippen molar-refractivity contribution in [2.75, 3.05) is 6.54 Å². The van der Waals surface area contributed by atoms with Crippen molar-refractivity contribution in [1.29, 1.82) is 5.41 Å². The minimum Gasteiger partial charge on any atom is -0.508 e. The number of benzene rings is 4. The molecule has 4 aromatic carbocycles. The van der Waals surface area contributed by atoms with Crippen molar-refractivity contribution in [3.05, 3.63) is 125 Å². The van der Waals surface area contributed by atoms with Crippen LogP contribution in [0, 0.1) is 5.41 Å². The molecular formula is C33H35ClN2O5. The van der Waals surface area contributed by atoms with Gasteiger partial charge in [-0.3, -0.25) is 10.3 Å². The summed E-state index contributed by atoms with van der Waals surface area (Å²) in [6.07, 6.45) is -1.15. The van der Waals surface area contributed by atoms with E-state index in [1.807, 2.05) is 48.5 Å². The van der Waals surface area contributed by atoms with Gasteiger partial charge in [-0.25, -0.2) is 4.79 Å². The van der Waals surface area contributed by atoms with E-state index in [4.69, 9.17) is 14.9 Å². The monoisotopic (exact) mass is 574 g/mol. The third-order valence-electron chi connectivity index (χ3n) is 6.91. The highest BCUT2D eigenvalue weighted by atomic mass is 35.5. The van der Waals surface area contributed by atoms with E-state index >= 15 is 0 Å². The number of rotatable bonds is 10. The summed E-state index contributed by atoms with van der Waals surface area (Å²) in [5, 5.41) is 26.9. The number of ether oxygens (including phenoxy) is 2. The molecule has 0 bridgehead atoms. The summed E-state index contributed by atoms with van der Waals surface area (Å²) in [5.74, 6) is 1.60. The number of amides is 1. The Hall–Kier alpha value is -4.49. The van der Waals surface area contributed by atoms with E-state index in [1.165, 1.54) is 0 Å². The summed E-state index contributed by atoms with van der Waals surface area (Å²) in [5.41, 5.74) is 4.58. The molecule has 0 aliphatic heterocycles. The molecule has 0 aromatic heterocycles. The van der Waals surface area contributed by atoms with E-state index in [2.05, 4.69) is 26.0 Å². The van der Waals surface area contributed by atoms with Crippen molar-refractivity contribution < 1.29 is 24.5 Å². The second kappa shape index (κ2) is 13.7. The first-order valence-corrected chi connectivity index (χ1v) is 13.1. The summed E-state index contributed by atoms with van der Waals surface area (Å²) in [7, 11) is 0. The molecule has 0 aliphatic carbocycles. The van der Waals surface area contributed by atoms with Crippen LogP contribution in [0.3, 0.4) is 0 Å². The van der Waals surface area contributed by atoms with Crippen LogP contribution < -0.4 is 9.47 Å². The maximum Gasteiger partial charge on any atom is 0.413 e. The molecule has 0 saturated carbocycles. The Morgan fingerprint density at radius 3 is 1.73 bits per heavy atom. The van der Waals surface area contributed by atoms with Crippen LogP contribution in [-0.2, 0) is 18.6 Å². The first kappa shape index (κ1) is 31.0. The van der Waals surface area contributed by atoms with Crippen molar-refractivity contribution >= 4 is 24.3 Å². The van der Waals surface area contributed by atoms with Crippen LogP contribution in [0.5, 0.6) is 17.2 Å². The van der Waals surface area contributed by atoms with Gasteiger partial charge in [0.05, 0.1) is 0 Å². The Bertz CT molecular complexity index is 1450. The minimum atomic E-state index is -1.15. The fraction of sp³-hybridized carbons (Fsp3) is 0.212. The van der Waals surface area contributed by atoms with E-state index in [0.717, 1.165) is 32.9 Å². The summed E-state index contributed by atoms with van der Waals surface area (Å²) in [4.78, 5) is 12.3. The largest absolute Gasteiger partial charge is 0.508 e. The second-order valence-electron chi connectivity index (χ2n) is 9.99. The summed E-state index contributed by atoms with van der Waals surface area (Å²) in [6.45, 7) is 6.99. The number of halogens is 1. The van der Waals surface area contributed by atoms with Crippen LogP contribution in [0.4, 0.5) is 4.79 Å². The Kier molecular flexibility index (Phi) is 10.4. The Balaban J connectivity index is 0.00000462. The predicted molar refractivity (Wildman–Crippen MR) is 163 cm³/mol. The van der Waals surface area contributed by atoms with Gasteiger partial charge >= 0.3 is 6.09 Å². The lowest BCUT2D eigenvalue weighted by Crippen LogP contribution is -2.35.